The Morgan fingerprint density at radius 3 is 2.40 bits per heavy atom. The van der Waals surface area contributed by atoms with Gasteiger partial charge in [0, 0.05) is 5.69 Å². The first kappa shape index (κ1) is 14.8. The minimum absolute atomic E-state index is 0.0276. The molecule has 0 spiro atoms. The van der Waals surface area contributed by atoms with Crippen LogP contribution in [0.2, 0.25) is 0 Å². The van der Waals surface area contributed by atoms with Crippen LogP contribution >= 0.6 is 0 Å². The van der Waals surface area contributed by atoms with E-state index in [2.05, 4.69) is 5.32 Å². The molecule has 5 nitrogen and oxygen atoms in total. The lowest BCUT2D eigenvalue weighted by Crippen LogP contribution is -2.52. The van der Waals surface area contributed by atoms with Crippen LogP contribution in [0.3, 0.4) is 0 Å². The number of hydrogen-bond donors (Lipinski definition) is 2. The molecule has 1 saturated heterocycles. The largest absolute Gasteiger partial charge is 0.480 e. The SMILES string of the molecule is Cc1cc(F)cc(NC2(C(=O)O)CCS(=O)(=O)CC2)c1. The molecule has 1 aromatic rings. The predicted octanol–water partition coefficient (Wildman–Crippen LogP) is 1.58. The van der Waals surface area contributed by atoms with Gasteiger partial charge in [-0.2, -0.15) is 0 Å². The summed E-state index contributed by atoms with van der Waals surface area (Å²) < 4.78 is 36.2. The van der Waals surface area contributed by atoms with E-state index in [1.54, 1.807) is 13.0 Å². The molecule has 0 amide bonds. The first-order chi connectivity index (χ1) is 9.22. The molecule has 7 heteroatoms. The number of rotatable bonds is 3. The highest BCUT2D eigenvalue weighted by atomic mass is 32.2. The van der Waals surface area contributed by atoms with Crippen LogP contribution in [0.1, 0.15) is 18.4 Å². The Morgan fingerprint density at radius 1 is 1.30 bits per heavy atom. The van der Waals surface area contributed by atoms with Crippen LogP contribution in [-0.2, 0) is 14.6 Å². The van der Waals surface area contributed by atoms with Crippen LogP contribution in [0, 0.1) is 12.7 Å². The summed E-state index contributed by atoms with van der Waals surface area (Å²) >= 11 is 0. The van der Waals surface area contributed by atoms with Crippen LogP contribution in [-0.4, -0.2) is 36.5 Å². The Hall–Kier alpha value is -1.63. The van der Waals surface area contributed by atoms with Crippen molar-refractivity contribution < 1.29 is 22.7 Å². The zero-order valence-electron chi connectivity index (χ0n) is 11.0. The van der Waals surface area contributed by atoms with E-state index in [1.165, 1.54) is 12.1 Å². The number of aryl methyl sites for hydroxylation is 1. The van der Waals surface area contributed by atoms with Crippen molar-refractivity contribution in [1.29, 1.82) is 0 Å². The molecule has 110 valence electrons. The monoisotopic (exact) mass is 301 g/mol. The molecule has 1 aliphatic heterocycles. The van der Waals surface area contributed by atoms with Gasteiger partial charge in [-0.1, -0.05) is 0 Å². The second kappa shape index (κ2) is 5.05. The van der Waals surface area contributed by atoms with Crippen molar-refractivity contribution in [2.45, 2.75) is 25.3 Å². The molecule has 20 heavy (non-hydrogen) atoms. The van der Waals surface area contributed by atoms with Crippen molar-refractivity contribution in [3.05, 3.63) is 29.6 Å². The normalized spacial score (nSPS) is 20.3. The van der Waals surface area contributed by atoms with Gasteiger partial charge in [0.2, 0.25) is 0 Å². The fourth-order valence-corrected chi connectivity index (χ4v) is 3.89. The highest BCUT2D eigenvalue weighted by Gasteiger charge is 2.43. The second-order valence-corrected chi connectivity index (χ2v) is 7.48. The number of benzene rings is 1. The average molecular weight is 301 g/mol. The second-order valence-electron chi connectivity index (χ2n) is 5.18. The number of anilines is 1. The van der Waals surface area contributed by atoms with Crippen molar-refractivity contribution >= 4 is 21.5 Å². The molecule has 0 atom stereocenters. The summed E-state index contributed by atoms with van der Waals surface area (Å²) in [6, 6.07) is 4.18. The van der Waals surface area contributed by atoms with Gasteiger partial charge in [-0.05, 0) is 43.5 Å². The summed E-state index contributed by atoms with van der Waals surface area (Å²) in [6.07, 6.45) is -0.0551. The van der Waals surface area contributed by atoms with Crippen LogP contribution in [0.4, 0.5) is 10.1 Å². The van der Waals surface area contributed by atoms with E-state index in [4.69, 9.17) is 0 Å². The minimum Gasteiger partial charge on any atom is -0.480 e. The lowest BCUT2D eigenvalue weighted by atomic mass is 9.92. The number of carbonyl (C=O) groups is 1. The van der Waals surface area contributed by atoms with E-state index < -0.39 is 27.2 Å². The topological polar surface area (TPSA) is 83.5 Å². The molecule has 0 saturated carbocycles. The highest BCUT2D eigenvalue weighted by molar-refractivity contribution is 7.91. The molecule has 0 aromatic heterocycles. The Balaban J connectivity index is 2.29. The van der Waals surface area contributed by atoms with Gasteiger partial charge in [0.05, 0.1) is 11.5 Å². The quantitative estimate of drug-likeness (QED) is 0.885. The average Bonchev–Trinajstić information content (AvgIpc) is 2.30. The predicted molar refractivity (Wildman–Crippen MR) is 73.0 cm³/mol. The lowest BCUT2D eigenvalue weighted by Gasteiger charge is -2.34. The van der Waals surface area contributed by atoms with E-state index in [9.17, 15) is 22.7 Å². The van der Waals surface area contributed by atoms with Gasteiger partial charge in [0.25, 0.3) is 0 Å². The molecule has 0 radical (unpaired) electrons. The summed E-state index contributed by atoms with van der Waals surface area (Å²) in [6.45, 7) is 1.70. The summed E-state index contributed by atoms with van der Waals surface area (Å²) in [5.41, 5.74) is -0.341. The van der Waals surface area contributed by atoms with Crippen molar-refractivity contribution in [2.75, 3.05) is 16.8 Å². The molecule has 0 unspecified atom stereocenters. The Labute approximate surface area is 116 Å². The van der Waals surface area contributed by atoms with Gasteiger partial charge in [-0.15, -0.1) is 0 Å². The van der Waals surface area contributed by atoms with Gasteiger partial charge in [0.1, 0.15) is 11.4 Å². The fraction of sp³-hybridized carbons (Fsp3) is 0.462. The molecular weight excluding hydrogens is 285 g/mol. The van der Waals surface area contributed by atoms with Crippen molar-refractivity contribution in [1.82, 2.24) is 0 Å². The van der Waals surface area contributed by atoms with Crippen molar-refractivity contribution in [3.8, 4) is 0 Å². The van der Waals surface area contributed by atoms with Gasteiger partial charge in [-0.3, -0.25) is 0 Å². The van der Waals surface area contributed by atoms with Crippen LogP contribution < -0.4 is 5.32 Å². The maximum atomic E-state index is 13.3. The first-order valence-electron chi connectivity index (χ1n) is 6.22. The Bertz CT molecular complexity index is 608. The third-order valence-corrected chi connectivity index (χ3v) is 5.17. The molecule has 1 aromatic carbocycles. The molecule has 1 aliphatic rings. The maximum absolute atomic E-state index is 13.3. The van der Waals surface area contributed by atoms with E-state index in [-0.39, 0.29) is 24.3 Å². The van der Waals surface area contributed by atoms with Gasteiger partial charge >= 0.3 is 5.97 Å². The van der Waals surface area contributed by atoms with Crippen molar-refractivity contribution in [3.63, 3.8) is 0 Å². The molecule has 2 rings (SSSR count). The van der Waals surface area contributed by atoms with Gasteiger partial charge < -0.3 is 10.4 Å². The van der Waals surface area contributed by atoms with Crippen LogP contribution in [0.25, 0.3) is 0 Å². The molecular formula is C13H16FNO4S. The highest BCUT2D eigenvalue weighted by Crippen LogP contribution is 2.29. The van der Waals surface area contributed by atoms with E-state index in [1.807, 2.05) is 0 Å². The number of sulfone groups is 1. The van der Waals surface area contributed by atoms with Gasteiger partial charge in [-0.25, -0.2) is 17.6 Å². The zero-order valence-corrected chi connectivity index (χ0v) is 11.8. The van der Waals surface area contributed by atoms with Crippen LogP contribution in [0.15, 0.2) is 18.2 Å². The summed E-state index contributed by atoms with van der Waals surface area (Å²) in [5.74, 6) is -1.94. The zero-order chi connectivity index (χ0) is 15.0. The number of nitrogens with one attached hydrogen (secondary N) is 1. The maximum Gasteiger partial charge on any atom is 0.329 e. The Kier molecular flexibility index (Phi) is 3.73. The number of carboxylic acids is 1. The number of carboxylic acid groups (broad SMARTS) is 1. The van der Waals surface area contributed by atoms with Crippen molar-refractivity contribution in [2.24, 2.45) is 0 Å². The van der Waals surface area contributed by atoms with E-state index in [0.717, 1.165) is 0 Å². The van der Waals surface area contributed by atoms with Crippen LogP contribution in [0.5, 0.6) is 0 Å². The fourth-order valence-electron chi connectivity index (χ4n) is 2.36. The number of aliphatic carboxylic acids is 1. The number of halogens is 1. The van der Waals surface area contributed by atoms with Gasteiger partial charge in [0.15, 0.2) is 9.84 Å². The number of hydrogen-bond acceptors (Lipinski definition) is 4. The summed E-state index contributed by atoms with van der Waals surface area (Å²) in [5, 5.41) is 12.2. The molecule has 0 bridgehead atoms. The summed E-state index contributed by atoms with van der Waals surface area (Å²) in [7, 11) is -3.17. The smallest absolute Gasteiger partial charge is 0.329 e. The summed E-state index contributed by atoms with van der Waals surface area (Å²) in [4.78, 5) is 11.5. The minimum atomic E-state index is -3.17. The molecule has 1 fully saturated rings. The first-order valence-corrected chi connectivity index (χ1v) is 8.04. The van der Waals surface area contributed by atoms with E-state index >= 15 is 0 Å². The molecule has 1 heterocycles. The standard InChI is InChI=1S/C13H16FNO4S/c1-9-6-10(14)8-11(7-9)15-13(12(16)17)2-4-20(18,19)5-3-13/h6-8,15H,2-5H2,1H3,(H,16,17). The third-order valence-electron chi connectivity index (χ3n) is 3.51. The molecule has 0 aliphatic carbocycles. The lowest BCUT2D eigenvalue weighted by molar-refractivity contribution is -0.142. The molecule has 2 N–H and O–H groups in total. The third kappa shape index (κ3) is 3.09. The Morgan fingerprint density at radius 2 is 1.90 bits per heavy atom. The van der Waals surface area contributed by atoms with E-state index in [0.29, 0.717) is 11.3 Å².